The van der Waals surface area contributed by atoms with Crippen molar-refractivity contribution < 1.29 is 0 Å². The predicted octanol–water partition coefficient (Wildman–Crippen LogP) is 3.24. The first-order valence-corrected chi connectivity index (χ1v) is 6.10. The van der Waals surface area contributed by atoms with Crippen molar-refractivity contribution in [1.29, 1.82) is 0 Å². The molecule has 0 atom stereocenters. The number of nitrogens with two attached hydrogens (primary N) is 1. The zero-order chi connectivity index (χ0) is 13.6. The molecule has 0 aliphatic rings. The van der Waals surface area contributed by atoms with Crippen LogP contribution < -0.4 is 5.73 Å². The van der Waals surface area contributed by atoms with Gasteiger partial charge in [0.2, 0.25) is 0 Å². The van der Waals surface area contributed by atoms with Crippen LogP contribution in [0.25, 0.3) is 0 Å². The fraction of sp³-hybridized carbons (Fsp3) is 0.0625. The van der Waals surface area contributed by atoms with Crippen molar-refractivity contribution >= 4 is 0 Å². The van der Waals surface area contributed by atoms with Gasteiger partial charge in [-0.2, -0.15) is 0 Å². The Morgan fingerprint density at radius 2 is 1.37 bits per heavy atom. The van der Waals surface area contributed by atoms with Crippen LogP contribution in [0.1, 0.15) is 5.56 Å². The molecule has 0 amide bonds. The average molecular weight is 253 g/mol. The van der Waals surface area contributed by atoms with Gasteiger partial charge in [-0.3, -0.25) is 4.98 Å². The fourth-order valence-corrected chi connectivity index (χ4v) is 1.20. The number of aromatic nitrogens is 2. The van der Waals surface area contributed by atoms with Crippen LogP contribution in [0, 0.1) is 0 Å². The molecule has 0 radical (unpaired) electrons. The summed E-state index contributed by atoms with van der Waals surface area (Å²) in [5, 5.41) is 0. The van der Waals surface area contributed by atoms with E-state index >= 15 is 0 Å². The minimum absolute atomic E-state index is 0.640. The molecule has 19 heavy (non-hydrogen) atoms. The number of pyridine rings is 1. The highest BCUT2D eigenvalue weighted by Crippen LogP contribution is 1.94. The molecule has 0 fully saturated rings. The predicted molar refractivity (Wildman–Crippen MR) is 79.4 cm³/mol. The Morgan fingerprint density at radius 3 is 1.63 bits per heavy atom. The number of aromatic amines is 1. The number of nitrogens with zero attached hydrogens (tertiary/aromatic N) is 1. The van der Waals surface area contributed by atoms with Crippen LogP contribution in [-0.2, 0) is 6.54 Å². The SMILES string of the molecule is NCc1ccccc1.c1cc[nH]c1.c1ccncc1. The fourth-order valence-electron chi connectivity index (χ4n) is 1.20. The van der Waals surface area contributed by atoms with Crippen molar-refractivity contribution in [3.63, 3.8) is 0 Å². The second-order valence-corrected chi connectivity index (χ2v) is 3.60. The van der Waals surface area contributed by atoms with Crippen molar-refractivity contribution in [2.45, 2.75) is 6.54 Å². The van der Waals surface area contributed by atoms with Crippen LogP contribution in [0.4, 0.5) is 0 Å². The molecule has 0 aliphatic heterocycles. The molecule has 98 valence electrons. The maximum atomic E-state index is 5.35. The lowest BCUT2D eigenvalue weighted by atomic mass is 10.2. The summed E-state index contributed by atoms with van der Waals surface area (Å²) in [5.41, 5.74) is 6.54. The first-order valence-electron chi connectivity index (χ1n) is 6.10. The summed E-state index contributed by atoms with van der Waals surface area (Å²) in [6.07, 6.45) is 7.25. The van der Waals surface area contributed by atoms with E-state index in [1.165, 1.54) is 5.56 Å². The first-order chi connectivity index (χ1) is 9.43. The molecule has 3 aromatic rings. The van der Waals surface area contributed by atoms with Crippen LogP contribution in [0.3, 0.4) is 0 Å². The lowest BCUT2D eigenvalue weighted by Crippen LogP contribution is -1.94. The molecule has 1 aromatic carbocycles. The molecular weight excluding hydrogens is 234 g/mol. The molecule has 3 heteroatoms. The van der Waals surface area contributed by atoms with Gasteiger partial charge < -0.3 is 10.7 Å². The molecule has 0 saturated carbocycles. The Bertz CT molecular complexity index is 434. The third kappa shape index (κ3) is 8.35. The normalized spacial score (nSPS) is 8.47. The molecule has 2 heterocycles. The summed E-state index contributed by atoms with van der Waals surface area (Å²) in [4.78, 5) is 6.65. The zero-order valence-electron chi connectivity index (χ0n) is 10.8. The van der Waals surface area contributed by atoms with Crippen molar-refractivity contribution in [3.8, 4) is 0 Å². The molecule has 0 spiro atoms. The monoisotopic (exact) mass is 253 g/mol. The maximum absolute atomic E-state index is 5.35. The lowest BCUT2D eigenvalue weighted by molar-refractivity contribution is 1.07. The van der Waals surface area contributed by atoms with Gasteiger partial charge in [0.25, 0.3) is 0 Å². The lowest BCUT2D eigenvalue weighted by Gasteiger charge is -1.90. The minimum Gasteiger partial charge on any atom is -0.368 e. The molecular formula is C16H19N3. The largest absolute Gasteiger partial charge is 0.368 e. The Balaban J connectivity index is 0.000000147. The molecule has 0 aliphatic carbocycles. The number of nitrogens with one attached hydrogen (secondary N) is 1. The molecule has 3 N–H and O–H groups in total. The molecule has 0 unspecified atom stereocenters. The van der Waals surface area contributed by atoms with E-state index in [4.69, 9.17) is 5.73 Å². The number of benzene rings is 1. The highest BCUT2D eigenvalue weighted by molar-refractivity contribution is 5.13. The summed E-state index contributed by atoms with van der Waals surface area (Å²) in [6, 6.07) is 19.6. The van der Waals surface area contributed by atoms with E-state index in [0.717, 1.165) is 0 Å². The molecule has 3 rings (SSSR count). The van der Waals surface area contributed by atoms with Crippen LogP contribution in [-0.4, -0.2) is 9.97 Å². The van der Waals surface area contributed by atoms with E-state index in [2.05, 4.69) is 9.97 Å². The molecule has 0 bridgehead atoms. The van der Waals surface area contributed by atoms with Gasteiger partial charge in [-0.15, -0.1) is 0 Å². The number of rotatable bonds is 1. The van der Waals surface area contributed by atoms with Crippen molar-refractivity contribution in [1.82, 2.24) is 9.97 Å². The maximum Gasteiger partial charge on any atom is 0.0267 e. The Kier molecular flexibility index (Phi) is 8.30. The first kappa shape index (κ1) is 14.7. The second-order valence-electron chi connectivity index (χ2n) is 3.60. The summed E-state index contributed by atoms with van der Waals surface area (Å²) in [6.45, 7) is 0.640. The van der Waals surface area contributed by atoms with Crippen LogP contribution in [0.2, 0.25) is 0 Å². The van der Waals surface area contributed by atoms with Crippen LogP contribution >= 0.6 is 0 Å². The standard InChI is InChI=1S/C7H9N.C5H5N.C4H5N/c8-6-7-4-2-1-3-5-7;1-2-4-6-5-3-1;1-2-4-5-3-1/h1-5H,6,8H2;1-5H;1-5H. The van der Waals surface area contributed by atoms with Gasteiger partial charge in [-0.25, -0.2) is 0 Å². The van der Waals surface area contributed by atoms with Gasteiger partial charge >= 0.3 is 0 Å². The summed E-state index contributed by atoms with van der Waals surface area (Å²) in [7, 11) is 0. The van der Waals surface area contributed by atoms with E-state index in [1.54, 1.807) is 12.4 Å². The zero-order valence-corrected chi connectivity index (χ0v) is 10.8. The van der Waals surface area contributed by atoms with Gasteiger partial charge in [0.05, 0.1) is 0 Å². The Morgan fingerprint density at radius 1 is 0.789 bits per heavy atom. The third-order valence-corrected chi connectivity index (χ3v) is 2.14. The quantitative estimate of drug-likeness (QED) is 0.699. The van der Waals surface area contributed by atoms with Crippen molar-refractivity contribution in [2.75, 3.05) is 0 Å². The highest BCUT2D eigenvalue weighted by atomic mass is 14.6. The topological polar surface area (TPSA) is 54.7 Å². The van der Waals surface area contributed by atoms with E-state index in [1.807, 2.05) is 73.1 Å². The van der Waals surface area contributed by atoms with Gasteiger partial charge in [0.1, 0.15) is 0 Å². The second kappa shape index (κ2) is 10.7. The number of H-pyrrole nitrogens is 1. The summed E-state index contributed by atoms with van der Waals surface area (Å²) in [5.74, 6) is 0. The third-order valence-electron chi connectivity index (χ3n) is 2.14. The van der Waals surface area contributed by atoms with E-state index < -0.39 is 0 Å². The van der Waals surface area contributed by atoms with E-state index in [0.29, 0.717) is 6.54 Å². The van der Waals surface area contributed by atoms with Gasteiger partial charge in [-0.1, -0.05) is 36.4 Å². The highest BCUT2D eigenvalue weighted by Gasteiger charge is 1.80. The molecule has 0 saturated heterocycles. The van der Waals surface area contributed by atoms with Crippen LogP contribution in [0.15, 0.2) is 85.5 Å². The van der Waals surface area contributed by atoms with Crippen molar-refractivity contribution in [3.05, 3.63) is 91.0 Å². The molecule has 3 nitrogen and oxygen atoms in total. The minimum atomic E-state index is 0.640. The Hall–Kier alpha value is -2.39. The molecule has 2 aromatic heterocycles. The van der Waals surface area contributed by atoms with E-state index in [-0.39, 0.29) is 0 Å². The smallest absolute Gasteiger partial charge is 0.0267 e. The van der Waals surface area contributed by atoms with Crippen LogP contribution in [0.5, 0.6) is 0 Å². The average Bonchev–Trinajstić information content (AvgIpc) is 3.10. The van der Waals surface area contributed by atoms with Gasteiger partial charge in [-0.05, 0) is 29.8 Å². The van der Waals surface area contributed by atoms with Gasteiger partial charge in [0, 0.05) is 31.3 Å². The number of hydrogen-bond acceptors (Lipinski definition) is 2. The van der Waals surface area contributed by atoms with E-state index in [9.17, 15) is 0 Å². The summed E-state index contributed by atoms with van der Waals surface area (Å²) >= 11 is 0. The van der Waals surface area contributed by atoms with Gasteiger partial charge in [0.15, 0.2) is 0 Å². The summed E-state index contributed by atoms with van der Waals surface area (Å²) < 4.78 is 0. The number of hydrogen-bond donors (Lipinski definition) is 2. The van der Waals surface area contributed by atoms with Crippen molar-refractivity contribution in [2.24, 2.45) is 5.73 Å². The Labute approximate surface area is 114 Å².